The van der Waals surface area contributed by atoms with Crippen molar-refractivity contribution in [3.05, 3.63) is 54.4 Å². The average Bonchev–Trinajstić information content (AvgIpc) is 3.64. The zero-order chi connectivity index (χ0) is 49.5. The Morgan fingerprint density at radius 2 is 1.68 bits per heavy atom. The number of nitrogens with one attached hydrogen (secondary N) is 2. The van der Waals surface area contributed by atoms with Crippen LogP contribution >= 0.6 is 0 Å². The molecule has 14 atom stereocenters. The molecule has 1 aromatic heterocycles. The number of nitrogens with zero attached hydrogens (tertiary/aromatic N) is 4. The number of hydrogen-bond donors (Lipinski definition) is 3. The van der Waals surface area contributed by atoms with Gasteiger partial charge in [-0.15, -0.1) is 0 Å². The Morgan fingerprint density at radius 1 is 1.00 bits per heavy atom. The molecule has 4 aliphatic rings. The number of amides is 3. The van der Waals surface area contributed by atoms with Gasteiger partial charge in [-0.05, 0) is 91.9 Å². The first-order valence-electron chi connectivity index (χ1n) is 24.1. The summed E-state index contributed by atoms with van der Waals surface area (Å²) in [7, 11) is 3.69. The number of ether oxygens (including phenoxy) is 6. The molecule has 4 aliphatic heterocycles. The number of rotatable bonds is 10. The largest absolute Gasteiger partial charge is 0.458 e. The van der Waals surface area contributed by atoms with Gasteiger partial charge in [-0.2, -0.15) is 0 Å². The van der Waals surface area contributed by atoms with E-state index in [0.29, 0.717) is 25.3 Å². The van der Waals surface area contributed by atoms with Crippen LogP contribution in [-0.2, 0) is 38.0 Å². The lowest BCUT2D eigenvalue weighted by molar-refractivity contribution is -0.298. The number of benzene rings is 1. The molecule has 3 N–H and O–H groups in total. The Kier molecular flexibility index (Phi) is 17.3. The van der Waals surface area contributed by atoms with Gasteiger partial charge in [0.15, 0.2) is 17.7 Å². The van der Waals surface area contributed by atoms with Crippen molar-refractivity contribution in [2.24, 2.45) is 23.7 Å². The average molecular weight is 949 g/mol. The topological polar surface area (TPSA) is 217 Å². The summed E-state index contributed by atoms with van der Waals surface area (Å²) in [5, 5.41) is 17.5. The van der Waals surface area contributed by atoms with E-state index in [1.165, 1.54) is 0 Å². The molecule has 5 heterocycles. The Labute approximate surface area is 400 Å². The van der Waals surface area contributed by atoms with Gasteiger partial charge < -0.3 is 54.0 Å². The van der Waals surface area contributed by atoms with Gasteiger partial charge in [0.25, 0.3) is 0 Å². The molecular weight excluding hydrogens is 877 g/mol. The highest BCUT2D eigenvalue weighted by Gasteiger charge is 2.58. The minimum atomic E-state index is -1.75. The third-order valence-electron chi connectivity index (χ3n) is 14.2. The maximum atomic E-state index is 14.7. The number of likely N-dealkylation sites (N-methyl/N-ethyl adjacent to an activating group) is 1. The molecule has 18 nitrogen and oxygen atoms in total. The zero-order valence-corrected chi connectivity index (χ0v) is 41.2. The van der Waals surface area contributed by atoms with Gasteiger partial charge in [-0.3, -0.25) is 9.59 Å². The molecule has 18 heteroatoms. The van der Waals surface area contributed by atoms with E-state index >= 15 is 0 Å². The lowest BCUT2D eigenvalue weighted by atomic mass is 9.73. The predicted octanol–water partition coefficient (Wildman–Crippen LogP) is 6.15. The highest BCUT2D eigenvalue weighted by atomic mass is 16.7. The summed E-state index contributed by atoms with van der Waals surface area (Å²) in [4.78, 5) is 82.8. The monoisotopic (exact) mass is 949 g/mol. The summed E-state index contributed by atoms with van der Waals surface area (Å²) in [6.07, 6.45) is 1.36. The molecule has 1 aromatic carbocycles. The van der Waals surface area contributed by atoms with Crippen molar-refractivity contribution in [2.75, 3.05) is 33.7 Å². The van der Waals surface area contributed by atoms with E-state index in [9.17, 15) is 29.1 Å². The van der Waals surface area contributed by atoms with Crippen LogP contribution in [-0.4, -0.2) is 149 Å². The van der Waals surface area contributed by atoms with Crippen LogP contribution in [0.3, 0.4) is 0 Å². The van der Waals surface area contributed by atoms with E-state index in [1.807, 2.05) is 56.3 Å². The normalized spacial score (nSPS) is 35.1. The summed E-state index contributed by atoms with van der Waals surface area (Å²) in [5.74, 6) is -4.32. The summed E-state index contributed by atoms with van der Waals surface area (Å²) in [6, 6.07) is 8.05. The van der Waals surface area contributed by atoms with Gasteiger partial charge in [0.2, 0.25) is 0 Å². The van der Waals surface area contributed by atoms with Gasteiger partial charge in [0, 0.05) is 61.4 Å². The van der Waals surface area contributed by atoms with Gasteiger partial charge >= 0.3 is 24.2 Å². The van der Waals surface area contributed by atoms with Crippen LogP contribution in [0.2, 0.25) is 0 Å². The highest BCUT2D eigenvalue weighted by Crippen LogP contribution is 2.42. The van der Waals surface area contributed by atoms with Gasteiger partial charge in [0.1, 0.15) is 35.8 Å². The number of esters is 1. The van der Waals surface area contributed by atoms with Crippen LogP contribution in [0.5, 0.6) is 0 Å². The molecule has 0 bridgehead atoms. The molecule has 4 saturated heterocycles. The van der Waals surface area contributed by atoms with E-state index in [0.717, 1.165) is 30.4 Å². The maximum absolute atomic E-state index is 14.7. The van der Waals surface area contributed by atoms with E-state index in [1.54, 1.807) is 77.9 Å². The van der Waals surface area contributed by atoms with Gasteiger partial charge in [0.05, 0.1) is 18.1 Å². The molecule has 374 valence electrons. The van der Waals surface area contributed by atoms with E-state index in [-0.39, 0.29) is 31.3 Å². The number of carbonyl (C=O) groups excluding carboxylic acids is 5. The highest BCUT2D eigenvalue weighted by molar-refractivity contribution is 5.85. The number of alkyl carbamates (subject to hydrolysis) is 2. The molecule has 0 unspecified atom stereocenters. The molecule has 0 spiro atoms. The fourth-order valence-corrected chi connectivity index (χ4v) is 10.5. The van der Waals surface area contributed by atoms with Crippen molar-refractivity contribution in [2.45, 2.75) is 154 Å². The van der Waals surface area contributed by atoms with Crippen molar-refractivity contribution in [1.29, 1.82) is 0 Å². The quantitative estimate of drug-likeness (QED) is 0.180. The predicted molar refractivity (Wildman–Crippen MR) is 251 cm³/mol. The molecule has 4 fully saturated rings. The second-order valence-corrected chi connectivity index (χ2v) is 19.7. The second-order valence-electron chi connectivity index (χ2n) is 19.7. The van der Waals surface area contributed by atoms with Crippen LogP contribution in [0.1, 0.15) is 99.5 Å². The Bertz CT molecular complexity index is 2090. The first-order valence-corrected chi connectivity index (χ1v) is 24.1. The van der Waals surface area contributed by atoms with Gasteiger partial charge in [-0.25, -0.2) is 24.4 Å². The van der Waals surface area contributed by atoms with Crippen molar-refractivity contribution in [3.63, 3.8) is 0 Å². The molecule has 68 heavy (non-hydrogen) atoms. The lowest BCUT2D eigenvalue weighted by Crippen LogP contribution is -2.61. The van der Waals surface area contributed by atoms with Crippen molar-refractivity contribution in [3.8, 4) is 11.4 Å². The maximum Gasteiger partial charge on any atom is 0.410 e. The summed E-state index contributed by atoms with van der Waals surface area (Å²) in [6.45, 7) is 14.6. The minimum absolute atomic E-state index is 0.0506. The summed E-state index contributed by atoms with van der Waals surface area (Å²) in [5.41, 5.74) is -1.50. The molecule has 0 saturated carbocycles. The number of hydrogen-bond acceptors (Lipinski definition) is 15. The number of likely N-dealkylation sites (tertiary alicyclic amines) is 1. The smallest absolute Gasteiger partial charge is 0.410 e. The number of aliphatic hydroxyl groups excluding tert-OH is 1. The van der Waals surface area contributed by atoms with Crippen LogP contribution in [0.25, 0.3) is 17.5 Å². The van der Waals surface area contributed by atoms with Crippen molar-refractivity contribution < 1.29 is 57.5 Å². The molecule has 0 radical (unpaired) electrons. The van der Waals surface area contributed by atoms with Gasteiger partial charge in [-0.1, -0.05) is 64.1 Å². The Morgan fingerprint density at radius 3 is 2.32 bits per heavy atom. The summed E-state index contributed by atoms with van der Waals surface area (Å²) >= 11 is 0. The molecule has 0 aliphatic carbocycles. The SMILES string of the molecule is CC[C@H]1OC(=O)[C@H](C)[C@@H](OC(=O)N2CCCCC2)[C@H](C)[C@@H](O[C@@H]2O[C@H](C)C[C@H](N(C)C)[C@H]2O)[C@](C)(OC(=O)NCC=Cc2ccc(-c3ncccn3)cc2)C[C@@H](C)C(=O)[C@H](C)[C@H]2NC(=O)O[C@@]21C. The van der Waals surface area contributed by atoms with Crippen molar-refractivity contribution >= 4 is 36.1 Å². The number of piperidine rings is 1. The van der Waals surface area contributed by atoms with E-state index < -0.39 is 102 Å². The molecular formula is C50H72N6O12. The zero-order valence-electron chi connectivity index (χ0n) is 41.2. The van der Waals surface area contributed by atoms with Crippen LogP contribution in [0, 0.1) is 23.7 Å². The fraction of sp³-hybridized carbons (Fsp3) is 0.660. The van der Waals surface area contributed by atoms with E-state index in [2.05, 4.69) is 20.6 Å². The first-order chi connectivity index (χ1) is 32.3. The molecule has 3 amide bonds. The number of cyclic esters (lactones) is 1. The number of aromatic nitrogens is 2. The standard InChI is InChI=1S/C50H72N6O12/c1-11-37-50(8)41(54-47(61)68-50)31(4)38(57)29(2)28-49(7,67-46(60)53-22-15-17-34-18-20-35(21-19-34)43-51-23-16-24-52-43)42(66-45-39(58)36(55(9)10)27-30(3)63-45)32(5)40(33(6)44(59)64-37)65-48(62)56-25-13-12-14-26-56/h15-21,23-24,29-33,36-37,39-42,45,58H,11-14,22,25-28H2,1-10H3,(H,53,60)(H,54,61)/t29-,30-,31+,32+,33-,36+,37-,39-,40+,41-,42-,45+,49-,50-/m1/s1. The number of fused-ring (bicyclic) bond motifs is 1. The second kappa shape index (κ2) is 22.5. The van der Waals surface area contributed by atoms with Crippen molar-refractivity contribution in [1.82, 2.24) is 30.4 Å². The minimum Gasteiger partial charge on any atom is -0.458 e. The third-order valence-corrected chi connectivity index (χ3v) is 14.2. The fourth-order valence-electron chi connectivity index (χ4n) is 10.5. The molecule has 6 rings (SSSR count). The number of carbonyl (C=O) groups is 5. The molecule has 2 aromatic rings. The summed E-state index contributed by atoms with van der Waals surface area (Å²) < 4.78 is 38.2. The van der Waals surface area contributed by atoms with Crippen LogP contribution in [0.4, 0.5) is 14.4 Å². The number of ketones is 1. The Hall–Kier alpha value is -5.17. The van der Waals surface area contributed by atoms with Crippen LogP contribution in [0.15, 0.2) is 48.8 Å². The lowest BCUT2D eigenvalue weighted by Gasteiger charge is -2.48. The Balaban J connectivity index is 1.39. The number of Topliss-reactive ketones (excluding diaryl/α,β-unsaturated/α-hetero) is 1. The third kappa shape index (κ3) is 12.0. The van der Waals surface area contributed by atoms with Crippen LogP contribution < -0.4 is 10.6 Å². The van der Waals surface area contributed by atoms with E-state index in [4.69, 9.17) is 28.4 Å². The number of aliphatic hydroxyl groups is 1. The first kappa shape index (κ1) is 52.2.